The van der Waals surface area contributed by atoms with Crippen LogP contribution in [0.3, 0.4) is 0 Å². The van der Waals surface area contributed by atoms with Crippen LogP contribution in [0, 0.1) is 10.1 Å². The summed E-state index contributed by atoms with van der Waals surface area (Å²) in [7, 11) is 0. The number of nitro benzene ring substituents is 1. The molecule has 1 N–H and O–H groups in total. The van der Waals surface area contributed by atoms with Gasteiger partial charge >= 0.3 is 5.97 Å². The first-order valence-electron chi connectivity index (χ1n) is 6.00. The van der Waals surface area contributed by atoms with Crippen molar-refractivity contribution in [2.24, 2.45) is 0 Å². The summed E-state index contributed by atoms with van der Waals surface area (Å²) < 4.78 is 5.21. The van der Waals surface area contributed by atoms with Gasteiger partial charge in [-0.3, -0.25) is 14.9 Å². The molecule has 2 rings (SSSR count). The van der Waals surface area contributed by atoms with E-state index in [1.165, 1.54) is 23.1 Å². The Morgan fingerprint density at radius 2 is 2.29 bits per heavy atom. The van der Waals surface area contributed by atoms with Gasteiger partial charge in [-0.2, -0.15) is 0 Å². The Bertz CT molecular complexity index is 652. The number of non-ortho nitro benzene ring substituents is 1. The molecule has 0 unspecified atom stereocenters. The first kappa shape index (κ1) is 14.5. The highest BCUT2D eigenvalue weighted by atomic mass is 16.6. The Balaban J connectivity index is 2.39. The number of ether oxygens (including phenoxy) is 1. The van der Waals surface area contributed by atoms with E-state index in [0.717, 1.165) is 6.08 Å². The number of carbonyl (C=O) groups is 2. The zero-order valence-electron chi connectivity index (χ0n) is 11.1. The fraction of sp³-hybridized carbons (Fsp3) is 0.231. The van der Waals surface area contributed by atoms with Gasteiger partial charge in [0.25, 0.3) is 11.6 Å². The van der Waals surface area contributed by atoms with Crippen molar-refractivity contribution in [1.29, 1.82) is 0 Å². The summed E-state index contributed by atoms with van der Waals surface area (Å²) in [6.07, 6.45) is 0.986. The summed E-state index contributed by atoms with van der Waals surface area (Å²) in [4.78, 5) is 34.1. The van der Waals surface area contributed by atoms with Crippen LogP contribution in [0.15, 0.2) is 29.8 Å². The van der Waals surface area contributed by atoms with Crippen LogP contribution < -0.4 is 9.64 Å². The van der Waals surface area contributed by atoms with Gasteiger partial charge in [0.1, 0.15) is 5.75 Å². The van der Waals surface area contributed by atoms with Gasteiger partial charge in [0.05, 0.1) is 10.6 Å². The number of carboxylic acids is 1. The summed E-state index contributed by atoms with van der Waals surface area (Å²) in [6, 6.07) is 3.94. The molecule has 0 radical (unpaired) electrons. The van der Waals surface area contributed by atoms with Gasteiger partial charge in [0, 0.05) is 24.8 Å². The third kappa shape index (κ3) is 3.16. The normalized spacial score (nSPS) is 14.4. The van der Waals surface area contributed by atoms with E-state index in [2.05, 4.69) is 0 Å². The lowest BCUT2D eigenvalue weighted by Gasteiger charge is -2.29. The molecule has 0 aliphatic carbocycles. The minimum Gasteiger partial charge on any atom is -0.482 e. The molecule has 0 saturated heterocycles. The Hall–Kier alpha value is -2.90. The molecule has 1 aromatic rings. The van der Waals surface area contributed by atoms with E-state index >= 15 is 0 Å². The summed E-state index contributed by atoms with van der Waals surface area (Å²) in [5, 5.41) is 19.5. The van der Waals surface area contributed by atoms with E-state index in [9.17, 15) is 19.7 Å². The highest BCUT2D eigenvalue weighted by molar-refractivity contribution is 5.98. The molecule has 1 heterocycles. The van der Waals surface area contributed by atoms with Gasteiger partial charge in [-0.25, -0.2) is 4.79 Å². The number of nitrogens with zero attached hydrogens (tertiary/aromatic N) is 2. The van der Waals surface area contributed by atoms with Crippen molar-refractivity contribution in [2.45, 2.75) is 6.92 Å². The lowest BCUT2D eigenvalue weighted by atomic mass is 10.1. The molecule has 21 heavy (non-hydrogen) atoms. The summed E-state index contributed by atoms with van der Waals surface area (Å²) >= 11 is 0. The number of anilines is 1. The zero-order chi connectivity index (χ0) is 15.6. The smallest absolute Gasteiger partial charge is 0.328 e. The maximum Gasteiger partial charge on any atom is 0.328 e. The largest absolute Gasteiger partial charge is 0.482 e. The fourth-order valence-corrected chi connectivity index (χ4v) is 1.98. The predicted molar refractivity (Wildman–Crippen MR) is 72.3 cm³/mol. The molecule has 110 valence electrons. The average Bonchev–Trinajstić information content (AvgIpc) is 2.40. The molecule has 8 heteroatoms. The minimum absolute atomic E-state index is 0.0304. The number of nitro groups is 1. The number of fused-ring (bicyclic) bond motifs is 1. The molecule has 8 nitrogen and oxygen atoms in total. The van der Waals surface area contributed by atoms with Crippen LogP contribution in [0.2, 0.25) is 0 Å². The van der Waals surface area contributed by atoms with Gasteiger partial charge in [0.2, 0.25) is 0 Å². The zero-order valence-corrected chi connectivity index (χ0v) is 11.1. The maximum atomic E-state index is 11.9. The van der Waals surface area contributed by atoms with Gasteiger partial charge in [-0.15, -0.1) is 0 Å². The molecule has 1 amide bonds. The number of rotatable bonds is 4. The molecule has 0 atom stereocenters. The number of carboxylic acid groups (broad SMARTS) is 1. The van der Waals surface area contributed by atoms with E-state index in [-0.39, 0.29) is 30.4 Å². The van der Waals surface area contributed by atoms with Crippen LogP contribution >= 0.6 is 0 Å². The fourth-order valence-electron chi connectivity index (χ4n) is 1.98. The summed E-state index contributed by atoms with van der Waals surface area (Å²) in [6.45, 7) is 1.40. The van der Waals surface area contributed by atoms with Gasteiger partial charge in [-0.1, -0.05) is 0 Å². The topological polar surface area (TPSA) is 110 Å². The van der Waals surface area contributed by atoms with Crippen molar-refractivity contribution >= 4 is 23.3 Å². The van der Waals surface area contributed by atoms with Crippen molar-refractivity contribution < 1.29 is 24.4 Å². The van der Waals surface area contributed by atoms with E-state index in [4.69, 9.17) is 9.84 Å². The summed E-state index contributed by atoms with van der Waals surface area (Å²) in [5.41, 5.74) is 0.533. The lowest BCUT2D eigenvalue weighted by molar-refractivity contribution is -0.384. The van der Waals surface area contributed by atoms with E-state index in [0.29, 0.717) is 11.3 Å². The third-order valence-electron chi connectivity index (χ3n) is 2.87. The first-order valence-corrected chi connectivity index (χ1v) is 6.00. The van der Waals surface area contributed by atoms with E-state index in [1.807, 2.05) is 0 Å². The Morgan fingerprint density at radius 1 is 1.57 bits per heavy atom. The first-order chi connectivity index (χ1) is 9.88. The molecule has 1 aromatic carbocycles. The van der Waals surface area contributed by atoms with Gasteiger partial charge < -0.3 is 14.7 Å². The average molecular weight is 292 g/mol. The molecular formula is C13H12N2O6. The molecule has 0 bridgehead atoms. The van der Waals surface area contributed by atoms with Gasteiger partial charge in [0.15, 0.2) is 6.61 Å². The lowest BCUT2D eigenvalue weighted by Crippen LogP contribution is -2.39. The number of carbonyl (C=O) groups excluding carboxylic acids is 1. The van der Waals surface area contributed by atoms with Gasteiger partial charge in [-0.05, 0) is 18.6 Å². The number of hydrogen-bond donors (Lipinski definition) is 1. The summed E-state index contributed by atoms with van der Waals surface area (Å²) in [5.74, 6) is -1.16. The number of amides is 1. The van der Waals surface area contributed by atoms with Crippen molar-refractivity contribution in [1.82, 2.24) is 0 Å². The van der Waals surface area contributed by atoms with Crippen LogP contribution in [0.5, 0.6) is 5.75 Å². The number of aliphatic carboxylic acids is 1. The molecule has 0 aromatic heterocycles. The van der Waals surface area contributed by atoms with E-state index < -0.39 is 10.9 Å². The van der Waals surface area contributed by atoms with Crippen LogP contribution in [-0.2, 0) is 9.59 Å². The monoisotopic (exact) mass is 292 g/mol. The molecule has 0 fully saturated rings. The minimum atomic E-state index is -1.12. The van der Waals surface area contributed by atoms with E-state index in [1.54, 1.807) is 6.92 Å². The third-order valence-corrected chi connectivity index (χ3v) is 2.87. The highest BCUT2D eigenvalue weighted by Gasteiger charge is 2.27. The quantitative estimate of drug-likeness (QED) is 0.509. The number of benzene rings is 1. The Morgan fingerprint density at radius 3 is 2.90 bits per heavy atom. The second-order valence-corrected chi connectivity index (χ2v) is 4.51. The van der Waals surface area contributed by atoms with Crippen molar-refractivity contribution in [3.63, 3.8) is 0 Å². The standard InChI is InChI=1S/C13H12N2O6/c1-8(4-13(17)18)6-14-10-5-9(15(19)20)2-3-11(10)21-7-12(14)16/h2-5H,6-7H2,1H3,(H,17,18). The van der Waals surface area contributed by atoms with Crippen LogP contribution in [-0.4, -0.2) is 35.1 Å². The number of hydrogen-bond acceptors (Lipinski definition) is 5. The Kier molecular flexibility index (Phi) is 3.88. The second-order valence-electron chi connectivity index (χ2n) is 4.51. The maximum absolute atomic E-state index is 11.9. The van der Waals surface area contributed by atoms with Crippen LogP contribution in [0.1, 0.15) is 6.92 Å². The molecular weight excluding hydrogens is 280 g/mol. The predicted octanol–water partition coefficient (Wildman–Crippen LogP) is 1.35. The SMILES string of the molecule is CC(=CC(=O)O)CN1C(=O)COc2ccc([N+](=O)[O-])cc21. The second kappa shape index (κ2) is 5.61. The molecule has 0 saturated carbocycles. The Labute approximate surface area is 119 Å². The van der Waals surface area contributed by atoms with Crippen LogP contribution in [0.25, 0.3) is 0 Å². The van der Waals surface area contributed by atoms with Crippen molar-refractivity contribution in [3.8, 4) is 5.75 Å². The molecule has 1 aliphatic rings. The molecule has 0 spiro atoms. The highest BCUT2D eigenvalue weighted by Crippen LogP contribution is 2.35. The van der Waals surface area contributed by atoms with Crippen molar-refractivity contribution in [3.05, 3.63) is 40.0 Å². The molecule has 1 aliphatic heterocycles. The van der Waals surface area contributed by atoms with Crippen LogP contribution in [0.4, 0.5) is 11.4 Å². The van der Waals surface area contributed by atoms with Crippen molar-refractivity contribution in [2.75, 3.05) is 18.1 Å².